The van der Waals surface area contributed by atoms with E-state index in [4.69, 9.17) is 4.74 Å². The number of cyclic esters (lactones) is 1. The number of amides is 2. The number of nitrogens with zero attached hydrogens (tertiary/aromatic N) is 2. The predicted octanol–water partition coefficient (Wildman–Crippen LogP) is 3.19. The van der Waals surface area contributed by atoms with Gasteiger partial charge >= 0.3 is 5.97 Å². The maximum Gasteiger partial charge on any atom is 0.339 e. The van der Waals surface area contributed by atoms with Gasteiger partial charge in [-0.2, -0.15) is 0 Å². The zero-order chi connectivity index (χ0) is 21.1. The van der Waals surface area contributed by atoms with Crippen LogP contribution in [0, 0.1) is 5.92 Å². The van der Waals surface area contributed by atoms with E-state index < -0.39 is 11.6 Å². The van der Waals surface area contributed by atoms with Crippen molar-refractivity contribution in [3.63, 3.8) is 0 Å². The summed E-state index contributed by atoms with van der Waals surface area (Å²) >= 11 is 0. The first kappa shape index (κ1) is 20.9. The summed E-state index contributed by atoms with van der Waals surface area (Å²) in [4.78, 5) is 41.8. The monoisotopic (exact) mass is 412 g/mol. The molecule has 0 N–H and O–H groups in total. The highest BCUT2D eigenvalue weighted by atomic mass is 16.6. The molecule has 0 spiro atoms. The first-order valence-corrected chi connectivity index (χ1v) is 11.3. The van der Waals surface area contributed by atoms with Crippen LogP contribution in [0.2, 0.25) is 0 Å². The van der Waals surface area contributed by atoms with Crippen LogP contribution in [-0.4, -0.2) is 59.4 Å². The van der Waals surface area contributed by atoms with Crippen LogP contribution in [0.4, 0.5) is 0 Å². The van der Waals surface area contributed by atoms with Gasteiger partial charge < -0.3 is 14.5 Å². The van der Waals surface area contributed by atoms with Crippen LogP contribution < -0.4 is 0 Å². The standard InChI is InChI=1S/C24H32N2O4/c1-24(17-19-9-5-6-10-20(19)22(28)30-24)23(29)26-15-13-25(14-16-26)21(27)12-11-18-7-3-2-4-8-18/h5-6,9-10,18H,2-4,7-8,11-17H2,1H3. The SMILES string of the molecule is CC1(C(=O)N2CCN(C(=O)CCC3CCCCC3)CC2)Cc2ccccc2C(=O)O1. The lowest BCUT2D eigenvalue weighted by molar-refractivity contribution is -0.154. The summed E-state index contributed by atoms with van der Waals surface area (Å²) in [7, 11) is 0. The number of hydrogen-bond acceptors (Lipinski definition) is 4. The van der Waals surface area contributed by atoms with Crippen LogP contribution in [0.5, 0.6) is 0 Å². The van der Waals surface area contributed by atoms with Crippen LogP contribution in [0.1, 0.15) is 67.8 Å². The Kier molecular flexibility index (Phi) is 6.11. The summed E-state index contributed by atoms with van der Waals surface area (Å²) in [6.45, 7) is 3.78. The minimum atomic E-state index is -1.18. The summed E-state index contributed by atoms with van der Waals surface area (Å²) in [5, 5.41) is 0. The van der Waals surface area contributed by atoms with Crippen molar-refractivity contribution in [2.24, 2.45) is 5.92 Å². The molecule has 2 heterocycles. The Labute approximate surface area is 178 Å². The molecular weight excluding hydrogens is 380 g/mol. The topological polar surface area (TPSA) is 66.9 Å². The van der Waals surface area contributed by atoms with E-state index in [1.807, 2.05) is 17.0 Å². The third-order valence-electron chi connectivity index (χ3n) is 6.95. The van der Waals surface area contributed by atoms with Crippen LogP contribution in [-0.2, 0) is 20.7 Å². The van der Waals surface area contributed by atoms with Crippen LogP contribution >= 0.6 is 0 Å². The molecule has 30 heavy (non-hydrogen) atoms. The molecule has 1 aliphatic carbocycles. The van der Waals surface area contributed by atoms with Gasteiger partial charge in [0.15, 0.2) is 5.60 Å². The third kappa shape index (κ3) is 4.37. The Hall–Kier alpha value is -2.37. The van der Waals surface area contributed by atoms with Crippen molar-refractivity contribution in [2.75, 3.05) is 26.2 Å². The number of ether oxygens (including phenoxy) is 1. The van der Waals surface area contributed by atoms with E-state index in [1.165, 1.54) is 32.1 Å². The zero-order valence-corrected chi connectivity index (χ0v) is 17.9. The van der Waals surface area contributed by atoms with Gasteiger partial charge in [0.1, 0.15) is 0 Å². The molecule has 3 aliphatic rings. The Morgan fingerprint density at radius 3 is 2.43 bits per heavy atom. The number of carbonyl (C=O) groups is 3. The molecule has 0 bridgehead atoms. The molecular formula is C24H32N2O4. The summed E-state index contributed by atoms with van der Waals surface area (Å²) < 4.78 is 5.58. The number of rotatable bonds is 4. The van der Waals surface area contributed by atoms with E-state index in [9.17, 15) is 14.4 Å². The van der Waals surface area contributed by atoms with Gasteiger partial charge in [0.25, 0.3) is 5.91 Å². The van der Waals surface area contributed by atoms with Crippen molar-refractivity contribution in [2.45, 2.75) is 63.9 Å². The van der Waals surface area contributed by atoms with Crippen LogP contribution in [0.25, 0.3) is 0 Å². The van der Waals surface area contributed by atoms with Crippen LogP contribution in [0.15, 0.2) is 24.3 Å². The van der Waals surface area contributed by atoms with Gasteiger partial charge in [-0.1, -0.05) is 50.3 Å². The Bertz CT molecular complexity index is 809. The van der Waals surface area contributed by atoms with E-state index in [-0.39, 0.29) is 11.8 Å². The van der Waals surface area contributed by atoms with Crippen molar-refractivity contribution in [1.82, 2.24) is 9.80 Å². The molecule has 2 fully saturated rings. The van der Waals surface area contributed by atoms with Gasteiger partial charge in [-0.05, 0) is 30.9 Å². The average molecular weight is 413 g/mol. The second-order valence-corrected chi connectivity index (χ2v) is 9.17. The normalized spacial score (nSPS) is 24.9. The first-order valence-electron chi connectivity index (χ1n) is 11.3. The van der Waals surface area contributed by atoms with Crippen LogP contribution in [0.3, 0.4) is 0 Å². The molecule has 1 saturated carbocycles. The Morgan fingerprint density at radius 1 is 1.03 bits per heavy atom. The van der Waals surface area contributed by atoms with Gasteiger partial charge in [0.05, 0.1) is 5.56 Å². The minimum Gasteiger partial charge on any atom is -0.445 e. The van der Waals surface area contributed by atoms with E-state index in [2.05, 4.69) is 0 Å². The van der Waals surface area contributed by atoms with Crippen molar-refractivity contribution in [1.29, 1.82) is 0 Å². The highest BCUT2D eigenvalue weighted by molar-refractivity contribution is 5.97. The van der Waals surface area contributed by atoms with Gasteiger partial charge in [0, 0.05) is 39.0 Å². The molecule has 4 rings (SSSR count). The largest absolute Gasteiger partial charge is 0.445 e. The fourth-order valence-corrected chi connectivity index (χ4v) is 5.11. The molecule has 0 aromatic heterocycles. The van der Waals surface area contributed by atoms with Gasteiger partial charge in [0.2, 0.25) is 5.91 Å². The lowest BCUT2D eigenvalue weighted by Gasteiger charge is -2.41. The zero-order valence-electron chi connectivity index (χ0n) is 17.9. The number of fused-ring (bicyclic) bond motifs is 1. The van der Waals surface area contributed by atoms with Crippen molar-refractivity contribution < 1.29 is 19.1 Å². The van der Waals surface area contributed by atoms with Crippen molar-refractivity contribution >= 4 is 17.8 Å². The van der Waals surface area contributed by atoms with E-state index in [1.54, 1.807) is 24.0 Å². The van der Waals surface area contributed by atoms with Gasteiger partial charge in [-0.15, -0.1) is 0 Å². The van der Waals surface area contributed by atoms with Crippen molar-refractivity contribution in [3.8, 4) is 0 Å². The number of hydrogen-bond donors (Lipinski definition) is 0. The number of benzene rings is 1. The molecule has 2 aliphatic heterocycles. The summed E-state index contributed by atoms with van der Waals surface area (Å²) in [6.07, 6.45) is 8.44. The number of esters is 1. The van der Waals surface area contributed by atoms with E-state index >= 15 is 0 Å². The summed E-state index contributed by atoms with van der Waals surface area (Å²) in [5.41, 5.74) is 0.204. The fourth-order valence-electron chi connectivity index (χ4n) is 5.11. The Morgan fingerprint density at radius 2 is 1.70 bits per heavy atom. The predicted molar refractivity (Wildman–Crippen MR) is 113 cm³/mol. The number of carbonyl (C=O) groups excluding carboxylic acids is 3. The average Bonchev–Trinajstić information content (AvgIpc) is 2.77. The molecule has 6 heteroatoms. The lowest BCUT2D eigenvalue weighted by atomic mass is 9.86. The molecule has 162 valence electrons. The summed E-state index contributed by atoms with van der Waals surface area (Å²) in [6, 6.07) is 7.29. The molecule has 0 radical (unpaired) electrons. The molecule has 1 saturated heterocycles. The van der Waals surface area contributed by atoms with Gasteiger partial charge in [-0.25, -0.2) is 4.79 Å². The molecule has 1 aromatic rings. The minimum absolute atomic E-state index is 0.167. The second kappa shape index (κ2) is 8.78. The smallest absolute Gasteiger partial charge is 0.339 e. The first-order chi connectivity index (χ1) is 14.5. The molecule has 6 nitrogen and oxygen atoms in total. The third-order valence-corrected chi connectivity index (χ3v) is 6.95. The molecule has 1 aromatic carbocycles. The maximum atomic E-state index is 13.2. The molecule has 2 amide bonds. The quantitative estimate of drug-likeness (QED) is 0.713. The highest BCUT2D eigenvalue weighted by Gasteiger charge is 2.45. The number of piperazine rings is 1. The fraction of sp³-hybridized carbons (Fsp3) is 0.625. The molecule has 1 unspecified atom stereocenters. The summed E-state index contributed by atoms with van der Waals surface area (Å²) in [5.74, 6) is 0.301. The maximum absolute atomic E-state index is 13.2. The molecule has 1 atom stereocenters. The highest BCUT2D eigenvalue weighted by Crippen LogP contribution is 2.30. The van der Waals surface area contributed by atoms with Crippen molar-refractivity contribution in [3.05, 3.63) is 35.4 Å². The Balaban J connectivity index is 1.30. The van der Waals surface area contributed by atoms with E-state index in [0.717, 1.165) is 12.0 Å². The van der Waals surface area contributed by atoms with Gasteiger partial charge in [-0.3, -0.25) is 9.59 Å². The second-order valence-electron chi connectivity index (χ2n) is 9.17. The van der Waals surface area contributed by atoms with E-state index in [0.29, 0.717) is 50.5 Å². The lowest BCUT2D eigenvalue weighted by Crippen LogP contribution is -2.58.